The highest BCUT2D eigenvalue weighted by molar-refractivity contribution is 7.93. The van der Waals surface area contributed by atoms with Crippen LogP contribution in [-0.4, -0.2) is 22.3 Å². The van der Waals surface area contributed by atoms with Gasteiger partial charge in [0.1, 0.15) is 6.33 Å². The lowest BCUT2D eigenvalue weighted by Gasteiger charge is -2.07. The summed E-state index contributed by atoms with van der Waals surface area (Å²) in [6.45, 7) is 2.31. The lowest BCUT2D eigenvalue weighted by molar-refractivity contribution is 0.517. The van der Waals surface area contributed by atoms with Gasteiger partial charge >= 0.3 is 5.76 Å². The molecule has 1 N–H and O–H groups in total. The maximum absolute atomic E-state index is 12.5. The summed E-state index contributed by atoms with van der Waals surface area (Å²) in [5.41, 5.74) is 2.77. The minimum atomic E-state index is -3.86. The molecule has 0 unspecified atom stereocenters. The quantitative estimate of drug-likeness (QED) is 0.550. The van der Waals surface area contributed by atoms with Crippen LogP contribution in [0.25, 0.3) is 11.1 Å². The number of sulfonamides is 1. The van der Waals surface area contributed by atoms with Gasteiger partial charge in [-0.2, -0.15) is 4.37 Å². The number of aromatic nitrogens is 3. The van der Waals surface area contributed by atoms with E-state index in [0.29, 0.717) is 12.1 Å². The normalized spacial score (nSPS) is 11.7. The summed E-state index contributed by atoms with van der Waals surface area (Å²) in [4.78, 5) is 16.1. The molecule has 0 radical (unpaired) electrons. The Hall–Kier alpha value is -2.98. The Kier molecular flexibility index (Phi) is 4.28. The van der Waals surface area contributed by atoms with Crippen LogP contribution >= 0.6 is 11.5 Å². The maximum atomic E-state index is 12.5. The number of fused-ring (bicyclic) bond motifs is 1. The number of rotatable bonds is 5. The van der Waals surface area contributed by atoms with Crippen LogP contribution in [0, 0.1) is 6.92 Å². The van der Waals surface area contributed by atoms with Gasteiger partial charge in [0.15, 0.2) is 5.58 Å². The van der Waals surface area contributed by atoms with Crippen molar-refractivity contribution in [1.29, 1.82) is 0 Å². The number of nitrogens with one attached hydrogen (secondary N) is 1. The van der Waals surface area contributed by atoms with Crippen LogP contribution in [0.2, 0.25) is 0 Å². The van der Waals surface area contributed by atoms with Crippen molar-refractivity contribution < 1.29 is 12.8 Å². The molecule has 0 saturated carbocycles. The van der Waals surface area contributed by atoms with Gasteiger partial charge in [0.25, 0.3) is 10.0 Å². The average molecular weight is 402 g/mol. The van der Waals surface area contributed by atoms with Gasteiger partial charge in [-0.05, 0) is 30.2 Å². The first-order chi connectivity index (χ1) is 12.9. The molecule has 2 heterocycles. The second kappa shape index (κ2) is 6.63. The van der Waals surface area contributed by atoms with Crippen LogP contribution in [0.5, 0.6) is 0 Å². The summed E-state index contributed by atoms with van der Waals surface area (Å²) in [6, 6.07) is 12.0. The highest BCUT2D eigenvalue weighted by atomic mass is 32.2. The summed E-state index contributed by atoms with van der Waals surface area (Å²) in [7, 11) is -3.86. The van der Waals surface area contributed by atoms with Crippen LogP contribution < -0.4 is 10.5 Å². The van der Waals surface area contributed by atoms with Gasteiger partial charge < -0.3 is 4.42 Å². The molecule has 0 aliphatic rings. The predicted molar refractivity (Wildman–Crippen MR) is 101 cm³/mol. The number of anilines is 1. The fourth-order valence-corrected chi connectivity index (χ4v) is 4.39. The van der Waals surface area contributed by atoms with Crippen molar-refractivity contribution in [2.75, 3.05) is 4.72 Å². The number of hydrogen-bond donors (Lipinski definition) is 1. The van der Waals surface area contributed by atoms with Crippen LogP contribution in [0.15, 0.2) is 62.9 Å². The Bertz CT molecular complexity index is 1270. The third-order valence-electron chi connectivity index (χ3n) is 4.12. The van der Waals surface area contributed by atoms with E-state index in [1.807, 2.05) is 31.2 Å². The minimum absolute atomic E-state index is 0.0259. The standard InChI is InChI=1S/C17H14N4O4S2/c1-11-4-2-3-5-12(11)9-21-14-7-6-13(8-15(14)25-17(21)22)27(23,24)20-16-18-10-19-26-16/h2-8,10H,9H2,1H3,(H,18,19,20). The number of hydrogen-bond acceptors (Lipinski definition) is 7. The molecule has 2 aromatic heterocycles. The van der Waals surface area contributed by atoms with Gasteiger partial charge in [-0.15, -0.1) is 0 Å². The summed E-state index contributed by atoms with van der Waals surface area (Å²) in [5.74, 6) is -0.542. The largest absolute Gasteiger partial charge is 0.420 e. The zero-order valence-electron chi connectivity index (χ0n) is 14.1. The summed E-state index contributed by atoms with van der Waals surface area (Å²) in [6.07, 6.45) is 1.26. The second-order valence-electron chi connectivity index (χ2n) is 5.86. The molecule has 0 aliphatic heterocycles. The maximum Gasteiger partial charge on any atom is 0.420 e. The first kappa shape index (κ1) is 17.4. The Morgan fingerprint density at radius 3 is 2.78 bits per heavy atom. The van der Waals surface area contributed by atoms with Crippen LogP contribution in [0.1, 0.15) is 11.1 Å². The van der Waals surface area contributed by atoms with E-state index in [1.54, 1.807) is 6.07 Å². The lowest BCUT2D eigenvalue weighted by Crippen LogP contribution is -2.15. The molecule has 0 amide bonds. The van der Waals surface area contributed by atoms with E-state index >= 15 is 0 Å². The average Bonchev–Trinajstić information content (AvgIpc) is 3.24. The van der Waals surface area contributed by atoms with Gasteiger partial charge in [0, 0.05) is 17.6 Å². The molecule has 27 heavy (non-hydrogen) atoms. The highest BCUT2D eigenvalue weighted by Gasteiger charge is 2.19. The van der Waals surface area contributed by atoms with E-state index in [0.717, 1.165) is 22.7 Å². The molecule has 0 spiro atoms. The molecular weight excluding hydrogens is 388 g/mol. The summed E-state index contributed by atoms with van der Waals surface area (Å²) in [5, 5.41) is 0.161. The fourth-order valence-electron chi connectivity index (χ4n) is 2.71. The number of benzene rings is 2. The van der Waals surface area contributed by atoms with E-state index in [-0.39, 0.29) is 15.6 Å². The smallest absolute Gasteiger partial charge is 0.408 e. The third kappa shape index (κ3) is 3.36. The molecule has 8 nitrogen and oxygen atoms in total. The molecule has 4 rings (SSSR count). The van der Waals surface area contributed by atoms with Crippen molar-refractivity contribution >= 4 is 37.8 Å². The number of nitrogens with zero attached hydrogens (tertiary/aromatic N) is 3. The van der Waals surface area contributed by atoms with Crippen LogP contribution in [0.3, 0.4) is 0 Å². The lowest BCUT2D eigenvalue weighted by atomic mass is 10.1. The zero-order valence-corrected chi connectivity index (χ0v) is 15.8. The highest BCUT2D eigenvalue weighted by Crippen LogP contribution is 2.22. The van der Waals surface area contributed by atoms with Gasteiger partial charge in [-0.25, -0.2) is 18.2 Å². The molecule has 4 aromatic rings. The van der Waals surface area contributed by atoms with Crippen LogP contribution in [-0.2, 0) is 16.6 Å². The molecule has 0 bridgehead atoms. The van der Waals surface area contributed by atoms with Crippen molar-refractivity contribution in [2.24, 2.45) is 0 Å². The predicted octanol–water partition coefficient (Wildman–Crippen LogP) is 2.60. The van der Waals surface area contributed by atoms with Gasteiger partial charge in [-0.1, -0.05) is 24.3 Å². The Morgan fingerprint density at radius 2 is 2.04 bits per heavy atom. The first-order valence-corrected chi connectivity index (χ1v) is 10.2. The second-order valence-corrected chi connectivity index (χ2v) is 8.32. The monoisotopic (exact) mass is 402 g/mol. The van der Waals surface area contributed by atoms with E-state index in [1.165, 1.54) is 23.0 Å². The molecule has 0 saturated heterocycles. The van der Waals surface area contributed by atoms with Crippen molar-refractivity contribution in [3.8, 4) is 0 Å². The van der Waals surface area contributed by atoms with Crippen molar-refractivity contribution in [1.82, 2.24) is 13.9 Å². The zero-order chi connectivity index (χ0) is 19.0. The van der Waals surface area contributed by atoms with Crippen molar-refractivity contribution in [3.63, 3.8) is 0 Å². The SMILES string of the molecule is Cc1ccccc1Cn1c(=O)oc2cc(S(=O)(=O)Nc3ncns3)ccc21. The number of aryl methyl sites for hydroxylation is 1. The molecule has 0 aliphatic carbocycles. The number of oxazole rings is 1. The summed E-state index contributed by atoms with van der Waals surface area (Å²) >= 11 is 0.928. The van der Waals surface area contributed by atoms with Crippen LogP contribution in [0.4, 0.5) is 5.13 Å². The topological polar surface area (TPSA) is 107 Å². The van der Waals surface area contributed by atoms with Gasteiger partial charge in [-0.3, -0.25) is 9.29 Å². The molecule has 2 aromatic carbocycles. The van der Waals surface area contributed by atoms with E-state index in [4.69, 9.17) is 4.42 Å². The molecule has 10 heteroatoms. The Balaban J connectivity index is 1.73. The fraction of sp³-hybridized carbons (Fsp3) is 0.118. The van der Waals surface area contributed by atoms with E-state index < -0.39 is 15.8 Å². The van der Waals surface area contributed by atoms with E-state index in [9.17, 15) is 13.2 Å². The van der Waals surface area contributed by atoms with Gasteiger partial charge in [0.05, 0.1) is 17.0 Å². The van der Waals surface area contributed by atoms with E-state index in [2.05, 4.69) is 14.1 Å². The molecule has 138 valence electrons. The molecule has 0 fully saturated rings. The first-order valence-electron chi connectivity index (χ1n) is 7.91. The Morgan fingerprint density at radius 1 is 1.22 bits per heavy atom. The molecule has 0 atom stereocenters. The van der Waals surface area contributed by atoms with Gasteiger partial charge in [0.2, 0.25) is 5.13 Å². The van der Waals surface area contributed by atoms with Crippen molar-refractivity contribution in [3.05, 3.63) is 70.5 Å². The minimum Gasteiger partial charge on any atom is -0.408 e. The van der Waals surface area contributed by atoms with Crippen molar-refractivity contribution in [2.45, 2.75) is 18.4 Å². The third-order valence-corrected chi connectivity index (χ3v) is 6.17. The Labute approximate surface area is 158 Å². The molecular formula is C17H14N4O4S2. The summed E-state index contributed by atoms with van der Waals surface area (Å²) < 4.78 is 37.8.